The number of alkyl halides is 1. The second-order valence-corrected chi connectivity index (χ2v) is 5.30. The van der Waals surface area contributed by atoms with E-state index in [1.54, 1.807) is 25.1 Å². The van der Waals surface area contributed by atoms with Crippen LogP contribution in [0.25, 0.3) is 0 Å². The van der Waals surface area contributed by atoms with Gasteiger partial charge in [-0.25, -0.2) is 4.39 Å². The molecule has 1 atom stereocenters. The van der Waals surface area contributed by atoms with Crippen LogP contribution in [0.5, 0.6) is 0 Å². The van der Waals surface area contributed by atoms with Crippen molar-refractivity contribution in [1.82, 2.24) is 5.32 Å². The molecule has 0 aliphatic heterocycles. The Hall–Kier alpha value is -1.87. The Morgan fingerprint density at radius 1 is 1.24 bits per heavy atom. The normalized spacial score (nSPS) is 12.0. The number of carbonyl (C=O) groups is 1. The molecule has 0 spiro atoms. The summed E-state index contributed by atoms with van der Waals surface area (Å²) in [6.07, 6.45) is 0. The highest BCUT2D eigenvalue weighted by molar-refractivity contribution is 6.17. The van der Waals surface area contributed by atoms with E-state index in [-0.39, 0.29) is 17.8 Å². The van der Waals surface area contributed by atoms with Crippen LogP contribution in [0.3, 0.4) is 0 Å². The molecule has 21 heavy (non-hydrogen) atoms. The van der Waals surface area contributed by atoms with Crippen LogP contribution in [-0.4, -0.2) is 5.91 Å². The average Bonchev–Trinajstić information content (AvgIpc) is 2.50. The average molecular weight is 306 g/mol. The van der Waals surface area contributed by atoms with Gasteiger partial charge in [-0.3, -0.25) is 4.79 Å². The molecule has 0 fully saturated rings. The molecule has 0 saturated carbocycles. The van der Waals surface area contributed by atoms with Crippen LogP contribution in [0.4, 0.5) is 4.39 Å². The number of hydrogen-bond acceptors (Lipinski definition) is 1. The fraction of sp³-hybridized carbons (Fsp3) is 0.235. The molecule has 2 rings (SSSR count). The Morgan fingerprint density at radius 3 is 2.48 bits per heavy atom. The van der Waals surface area contributed by atoms with E-state index in [1.165, 1.54) is 6.07 Å². The molecule has 1 amide bonds. The second-order valence-electron chi connectivity index (χ2n) is 5.03. The number of nitrogens with one attached hydrogen (secondary N) is 1. The zero-order valence-corrected chi connectivity index (χ0v) is 12.7. The number of carbonyl (C=O) groups excluding carboxylic acids is 1. The number of aryl methyl sites for hydroxylation is 1. The molecular weight excluding hydrogens is 289 g/mol. The predicted octanol–water partition coefficient (Wildman–Crippen LogP) is 4.36. The number of hydrogen-bond donors (Lipinski definition) is 1. The summed E-state index contributed by atoms with van der Waals surface area (Å²) in [4.78, 5) is 12.1. The number of amides is 1. The third-order valence-electron chi connectivity index (χ3n) is 3.41. The van der Waals surface area contributed by atoms with Gasteiger partial charge in [0.1, 0.15) is 5.82 Å². The highest BCUT2D eigenvalue weighted by Gasteiger charge is 2.12. The molecule has 0 radical (unpaired) electrons. The van der Waals surface area contributed by atoms with E-state index >= 15 is 0 Å². The molecule has 2 nitrogen and oxygen atoms in total. The fourth-order valence-corrected chi connectivity index (χ4v) is 2.17. The lowest BCUT2D eigenvalue weighted by Crippen LogP contribution is -2.26. The Balaban J connectivity index is 2.08. The third kappa shape index (κ3) is 3.82. The summed E-state index contributed by atoms with van der Waals surface area (Å²) in [6, 6.07) is 11.8. The first-order chi connectivity index (χ1) is 10.0. The van der Waals surface area contributed by atoms with Gasteiger partial charge in [0.05, 0.1) is 6.04 Å². The minimum atomic E-state index is -0.264. The van der Waals surface area contributed by atoms with Crippen molar-refractivity contribution in [2.75, 3.05) is 0 Å². The summed E-state index contributed by atoms with van der Waals surface area (Å²) in [5, 5.41) is 2.86. The maximum absolute atomic E-state index is 13.6. The van der Waals surface area contributed by atoms with Crippen molar-refractivity contribution >= 4 is 17.5 Å². The lowest BCUT2D eigenvalue weighted by molar-refractivity contribution is 0.0940. The predicted molar refractivity (Wildman–Crippen MR) is 83.0 cm³/mol. The summed E-state index contributed by atoms with van der Waals surface area (Å²) in [5.74, 6) is -0.0364. The molecule has 0 bridgehead atoms. The third-order valence-corrected chi connectivity index (χ3v) is 3.72. The van der Waals surface area contributed by atoms with Crippen LogP contribution in [0.1, 0.15) is 40.0 Å². The van der Waals surface area contributed by atoms with Gasteiger partial charge < -0.3 is 5.32 Å². The van der Waals surface area contributed by atoms with Crippen molar-refractivity contribution in [2.24, 2.45) is 0 Å². The highest BCUT2D eigenvalue weighted by atomic mass is 35.5. The van der Waals surface area contributed by atoms with Crippen LogP contribution in [0, 0.1) is 12.7 Å². The standard InChI is InChI=1S/C17H17ClFNO/c1-11-3-6-15(9-16(11)19)12(2)20-17(21)14-7-4-13(10-18)5-8-14/h3-9,12H,10H2,1-2H3,(H,20,21). The molecule has 2 aromatic carbocycles. The van der Waals surface area contributed by atoms with E-state index in [2.05, 4.69) is 5.32 Å². The molecule has 2 aromatic rings. The fourth-order valence-electron chi connectivity index (χ4n) is 1.99. The molecule has 0 aliphatic rings. The Kier molecular flexibility index (Phi) is 4.97. The van der Waals surface area contributed by atoms with Crippen LogP contribution in [-0.2, 0) is 5.88 Å². The first-order valence-electron chi connectivity index (χ1n) is 6.73. The molecule has 1 N–H and O–H groups in total. The zero-order valence-electron chi connectivity index (χ0n) is 12.0. The van der Waals surface area contributed by atoms with E-state index in [9.17, 15) is 9.18 Å². The van der Waals surface area contributed by atoms with Gasteiger partial charge in [-0.2, -0.15) is 0 Å². The molecule has 0 heterocycles. The number of halogens is 2. The van der Waals surface area contributed by atoms with E-state index in [1.807, 2.05) is 25.1 Å². The summed E-state index contributed by atoms with van der Waals surface area (Å²) in [7, 11) is 0. The van der Waals surface area contributed by atoms with Gasteiger partial charge in [-0.15, -0.1) is 11.6 Å². The SMILES string of the molecule is Cc1ccc(C(C)NC(=O)c2ccc(CCl)cc2)cc1F. The van der Waals surface area contributed by atoms with Crippen molar-refractivity contribution in [2.45, 2.75) is 25.8 Å². The molecule has 0 aliphatic carbocycles. The monoisotopic (exact) mass is 305 g/mol. The summed E-state index contributed by atoms with van der Waals surface area (Å²) < 4.78 is 13.6. The van der Waals surface area contributed by atoms with E-state index < -0.39 is 0 Å². The van der Waals surface area contributed by atoms with Crippen LogP contribution in [0.15, 0.2) is 42.5 Å². The summed E-state index contributed by atoms with van der Waals surface area (Å²) in [5.41, 5.74) is 2.85. The van der Waals surface area contributed by atoms with Crippen LogP contribution < -0.4 is 5.32 Å². The molecule has 0 aromatic heterocycles. The van der Waals surface area contributed by atoms with Gasteiger partial charge in [0, 0.05) is 11.4 Å². The minimum Gasteiger partial charge on any atom is -0.346 e. The topological polar surface area (TPSA) is 29.1 Å². The smallest absolute Gasteiger partial charge is 0.251 e. The van der Waals surface area contributed by atoms with Crippen molar-refractivity contribution in [3.8, 4) is 0 Å². The van der Waals surface area contributed by atoms with E-state index in [0.717, 1.165) is 11.1 Å². The van der Waals surface area contributed by atoms with Crippen molar-refractivity contribution in [3.05, 3.63) is 70.5 Å². The number of benzene rings is 2. The van der Waals surface area contributed by atoms with Gasteiger partial charge >= 0.3 is 0 Å². The van der Waals surface area contributed by atoms with Gasteiger partial charge in [-0.05, 0) is 48.7 Å². The zero-order chi connectivity index (χ0) is 15.4. The Labute approximate surface area is 128 Å². The van der Waals surface area contributed by atoms with Gasteiger partial charge in [0.25, 0.3) is 5.91 Å². The first kappa shape index (κ1) is 15.5. The summed E-state index contributed by atoms with van der Waals surface area (Å²) in [6.45, 7) is 3.54. The molecule has 1 unspecified atom stereocenters. The molecule has 4 heteroatoms. The van der Waals surface area contributed by atoms with Gasteiger partial charge in [0.15, 0.2) is 0 Å². The maximum atomic E-state index is 13.6. The maximum Gasteiger partial charge on any atom is 0.251 e. The minimum absolute atomic E-state index is 0.190. The van der Waals surface area contributed by atoms with Crippen molar-refractivity contribution < 1.29 is 9.18 Å². The Bertz CT molecular complexity index is 640. The van der Waals surface area contributed by atoms with Crippen molar-refractivity contribution in [3.63, 3.8) is 0 Å². The van der Waals surface area contributed by atoms with Crippen molar-refractivity contribution in [1.29, 1.82) is 0 Å². The lowest BCUT2D eigenvalue weighted by atomic mass is 10.1. The van der Waals surface area contributed by atoms with Gasteiger partial charge in [0.2, 0.25) is 0 Å². The summed E-state index contributed by atoms with van der Waals surface area (Å²) >= 11 is 5.71. The van der Waals surface area contributed by atoms with Crippen LogP contribution in [0.2, 0.25) is 0 Å². The number of rotatable bonds is 4. The Morgan fingerprint density at radius 2 is 1.90 bits per heavy atom. The van der Waals surface area contributed by atoms with E-state index in [4.69, 9.17) is 11.6 Å². The highest BCUT2D eigenvalue weighted by Crippen LogP contribution is 2.17. The lowest BCUT2D eigenvalue weighted by Gasteiger charge is -2.15. The largest absolute Gasteiger partial charge is 0.346 e. The first-order valence-corrected chi connectivity index (χ1v) is 7.26. The van der Waals surface area contributed by atoms with Gasteiger partial charge in [-0.1, -0.05) is 24.3 Å². The second kappa shape index (κ2) is 6.72. The molecular formula is C17H17ClFNO. The quantitative estimate of drug-likeness (QED) is 0.835. The molecule has 110 valence electrons. The molecule has 0 saturated heterocycles. The van der Waals surface area contributed by atoms with Crippen LogP contribution >= 0.6 is 11.6 Å². The van der Waals surface area contributed by atoms with E-state index in [0.29, 0.717) is 17.0 Å².